The van der Waals surface area contributed by atoms with E-state index in [9.17, 15) is 9.59 Å². The SMILES string of the molecule is O=C(C[C@H]1Oc2ccccc2NC1=O)NCC1(N2CCCCC2)CCCCC1. The van der Waals surface area contributed by atoms with Gasteiger partial charge < -0.3 is 15.4 Å². The van der Waals surface area contributed by atoms with Crippen molar-refractivity contribution in [1.29, 1.82) is 0 Å². The Morgan fingerprint density at radius 3 is 2.61 bits per heavy atom. The van der Waals surface area contributed by atoms with Gasteiger partial charge in [-0.05, 0) is 50.9 Å². The summed E-state index contributed by atoms with van der Waals surface area (Å²) in [5.74, 6) is 0.260. The van der Waals surface area contributed by atoms with Gasteiger partial charge in [0.25, 0.3) is 5.91 Å². The highest BCUT2D eigenvalue weighted by atomic mass is 16.5. The zero-order chi connectivity index (χ0) is 19.4. The number of nitrogens with zero attached hydrogens (tertiary/aromatic N) is 1. The number of ether oxygens (including phenoxy) is 1. The van der Waals surface area contributed by atoms with E-state index in [1.54, 1.807) is 6.07 Å². The molecule has 1 atom stereocenters. The Balaban J connectivity index is 1.35. The maximum absolute atomic E-state index is 12.6. The Morgan fingerprint density at radius 1 is 1.11 bits per heavy atom. The van der Waals surface area contributed by atoms with Gasteiger partial charge in [0.1, 0.15) is 5.75 Å². The average molecular weight is 386 g/mol. The summed E-state index contributed by atoms with van der Waals surface area (Å²) in [6.07, 6.45) is 9.17. The summed E-state index contributed by atoms with van der Waals surface area (Å²) >= 11 is 0. The Labute approximate surface area is 167 Å². The molecule has 2 amide bonds. The number of hydrogen-bond acceptors (Lipinski definition) is 4. The van der Waals surface area contributed by atoms with Crippen LogP contribution in [-0.2, 0) is 9.59 Å². The molecule has 3 aliphatic rings. The molecular weight excluding hydrogens is 354 g/mol. The number of rotatable bonds is 5. The molecule has 0 unspecified atom stereocenters. The second kappa shape index (κ2) is 8.52. The summed E-state index contributed by atoms with van der Waals surface area (Å²) in [6.45, 7) is 2.96. The number of anilines is 1. The molecule has 28 heavy (non-hydrogen) atoms. The van der Waals surface area contributed by atoms with Gasteiger partial charge in [-0.3, -0.25) is 14.5 Å². The standard InChI is InChI=1S/C22H31N3O3/c26-20(15-19-21(27)24-17-9-3-4-10-18(17)28-19)23-16-22(11-5-1-6-12-22)25-13-7-2-8-14-25/h3-4,9-10,19H,1-2,5-8,11-16H2,(H,23,26)(H,24,27)/t19-/m1/s1. The topological polar surface area (TPSA) is 70.7 Å². The predicted molar refractivity (Wildman–Crippen MR) is 108 cm³/mol. The molecule has 2 fully saturated rings. The zero-order valence-corrected chi connectivity index (χ0v) is 16.5. The van der Waals surface area contributed by atoms with E-state index in [1.165, 1.54) is 38.5 Å². The number of hydrogen-bond donors (Lipinski definition) is 2. The second-order valence-corrected chi connectivity index (χ2v) is 8.41. The van der Waals surface area contributed by atoms with Crippen LogP contribution in [0.1, 0.15) is 57.8 Å². The Bertz CT molecular complexity index is 709. The lowest BCUT2D eigenvalue weighted by atomic mass is 9.79. The summed E-state index contributed by atoms with van der Waals surface area (Å²) in [5, 5.41) is 5.97. The van der Waals surface area contributed by atoms with Crippen LogP contribution < -0.4 is 15.4 Å². The number of amides is 2. The van der Waals surface area contributed by atoms with Crippen molar-refractivity contribution in [2.75, 3.05) is 25.0 Å². The Kier molecular flexibility index (Phi) is 5.85. The summed E-state index contributed by atoms with van der Waals surface area (Å²) in [7, 11) is 0. The number of carbonyl (C=O) groups is 2. The Morgan fingerprint density at radius 2 is 1.82 bits per heavy atom. The first-order valence-corrected chi connectivity index (χ1v) is 10.7. The van der Waals surface area contributed by atoms with Crippen LogP contribution >= 0.6 is 0 Å². The Hall–Kier alpha value is -2.08. The van der Waals surface area contributed by atoms with Crippen LogP contribution in [0.5, 0.6) is 5.75 Å². The van der Waals surface area contributed by atoms with E-state index in [-0.39, 0.29) is 23.8 Å². The lowest BCUT2D eigenvalue weighted by Gasteiger charge is -2.48. The minimum absolute atomic E-state index is 0.0518. The molecular formula is C22H31N3O3. The van der Waals surface area contributed by atoms with E-state index in [4.69, 9.17) is 4.74 Å². The second-order valence-electron chi connectivity index (χ2n) is 8.41. The molecule has 0 radical (unpaired) electrons. The molecule has 0 spiro atoms. The van der Waals surface area contributed by atoms with Gasteiger partial charge in [-0.15, -0.1) is 0 Å². The summed E-state index contributed by atoms with van der Waals surface area (Å²) in [6, 6.07) is 7.32. The number of piperidine rings is 1. The fourth-order valence-corrected chi connectivity index (χ4v) is 4.91. The molecule has 0 aromatic heterocycles. The van der Waals surface area contributed by atoms with Crippen molar-refractivity contribution < 1.29 is 14.3 Å². The molecule has 1 saturated heterocycles. The van der Waals surface area contributed by atoms with E-state index in [0.717, 1.165) is 25.9 Å². The molecule has 1 aliphatic carbocycles. The number of carbonyl (C=O) groups excluding carboxylic acids is 2. The first-order valence-electron chi connectivity index (χ1n) is 10.7. The maximum atomic E-state index is 12.6. The third-order valence-electron chi connectivity index (χ3n) is 6.50. The molecule has 2 N–H and O–H groups in total. The van der Waals surface area contributed by atoms with Crippen LogP contribution in [0.25, 0.3) is 0 Å². The van der Waals surface area contributed by atoms with E-state index in [1.807, 2.05) is 18.2 Å². The molecule has 2 heterocycles. The molecule has 2 aliphatic heterocycles. The highest BCUT2D eigenvalue weighted by Crippen LogP contribution is 2.35. The lowest BCUT2D eigenvalue weighted by Crippen LogP contribution is -2.58. The largest absolute Gasteiger partial charge is 0.478 e. The number of fused-ring (bicyclic) bond motifs is 1. The van der Waals surface area contributed by atoms with Crippen LogP contribution in [0.15, 0.2) is 24.3 Å². The molecule has 6 nitrogen and oxygen atoms in total. The van der Waals surface area contributed by atoms with E-state index in [2.05, 4.69) is 15.5 Å². The van der Waals surface area contributed by atoms with E-state index < -0.39 is 6.10 Å². The molecule has 1 saturated carbocycles. The minimum atomic E-state index is -0.771. The molecule has 0 bridgehead atoms. The van der Waals surface area contributed by atoms with E-state index >= 15 is 0 Å². The average Bonchev–Trinajstić information content (AvgIpc) is 2.74. The lowest BCUT2D eigenvalue weighted by molar-refractivity contribution is -0.131. The fourth-order valence-electron chi connectivity index (χ4n) is 4.91. The number of para-hydroxylation sites is 2. The van der Waals surface area contributed by atoms with Crippen molar-refractivity contribution in [3.63, 3.8) is 0 Å². The molecule has 1 aromatic carbocycles. The van der Waals surface area contributed by atoms with Crippen LogP contribution in [0.4, 0.5) is 5.69 Å². The van der Waals surface area contributed by atoms with Gasteiger partial charge in [-0.1, -0.05) is 37.8 Å². The maximum Gasteiger partial charge on any atom is 0.266 e. The normalized spacial score (nSPS) is 24.6. The van der Waals surface area contributed by atoms with Crippen LogP contribution in [0.2, 0.25) is 0 Å². The van der Waals surface area contributed by atoms with Gasteiger partial charge in [-0.2, -0.15) is 0 Å². The number of benzene rings is 1. The third-order valence-corrected chi connectivity index (χ3v) is 6.50. The van der Waals surface area contributed by atoms with Crippen molar-refractivity contribution in [2.45, 2.75) is 69.4 Å². The third kappa shape index (κ3) is 4.17. The number of nitrogens with one attached hydrogen (secondary N) is 2. The van der Waals surface area contributed by atoms with Gasteiger partial charge in [0.15, 0.2) is 6.10 Å². The van der Waals surface area contributed by atoms with Gasteiger partial charge in [-0.25, -0.2) is 0 Å². The van der Waals surface area contributed by atoms with Gasteiger partial charge in [0.2, 0.25) is 5.91 Å². The van der Waals surface area contributed by atoms with Gasteiger partial charge >= 0.3 is 0 Å². The fraction of sp³-hybridized carbons (Fsp3) is 0.636. The highest BCUT2D eigenvalue weighted by Gasteiger charge is 2.39. The van der Waals surface area contributed by atoms with Crippen molar-refractivity contribution >= 4 is 17.5 Å². The minimum Gasteiger partial charge on any atom is -0.478 e. The quantitative estimate of drug-likeness (QED) is 0.817. The molecule has 6 heteroatoms. The van der Waals surface area contributed by atoms with E-state index in [0.29, 0.717) is 18.0 Å². The van der Waals surface area contributed by atoms with Crippen molar-refractivity contribution in [1.82, 2.24) is 10.2 Å². The van der Waals surface area contributed by atoms with Crippen molar-refractivity contribution in [3.8, 4) is 5.75 Å². The smallest absolute Gasteiger partial charge is 0.266 e. The monoisotopic (exact) mass is 385 g/mol. The highest BCUT2D eigenvalue weighted by molar-refractivity contribution is 5.99. The van der Waals surface area contributed by atoms with Crippen LogP contribution in [0, 0.1) is 0 Å². The first kappa shape index (κ1) is 19.2. The molecule has 1 aromatic rings. The van der Waals surface area contributed by atoms with Crippen LogP contribution in [0.3, 0.4) is 0 Å². The van der Waals surface area contributed by atoms with Gasteiger partial charge in [0.05, 0.1) is 12.1 Å². The van der Waals surface area contributed by atoms with Crippen LogP contribution in [-0.4, -0.2) is 48.0 Å². The summed E-state index contributed by atoms with van der Waals surface area (Å²) in [5.41, 5.74) is 0.756. The van der Waals surface area contributed by atoms with Crippen molar-refractivity contribution in [2.24, 2.45) is 0 Å². The van der Waals surface area contributed by atoms with Gasteiger partial charge in [0, 0.05) is 12.1 Å². The summed E-state index contributed by atoms with van der Waals surface area (Å²) in [4.78, 5) is 27.6. The summed E-state index contributed by atoms with van der Waals surface area (Å²) < 4.78 is 5.76. The molecule has 4 rings (SSSR count). The first-order chi connectivity index (χ1) is 13.7. The molecule has 152 valence electrons. The van der Waals surface area contributed by atoms with Crippen molar-refractivity contribution in [3.05, 3.63) is 24.3 Å². The predicted octanol–water partition coefficient (Wildman–Crippen LogP) is 3.08. The number of likely N-dealkylation sites (tertiary alicyclic amines) is 1. The zero-order valence-electron chi connectivity index (χ0n) is 16.5.